The number of unbranched alkanes of at least 4 members (excludes halogenated alkanes) is 1. The molecule has 0 saturated carbocycles. The van der Waals surface area contributed by atoms with Crippen molar-refractivity contribution in [2.75, 3.05) is 13.2 Å². The molecule has 0 amide bonds. The highest BCUT2D eigenvalue weighted by Crippen LogP contribution is 2.23. The summed E-state index contributed by atoms with van der Waals surface area (Å²) < 4.78 is 10.7. The van der Waals surface area contributed by atoms with E-state index in [1.807, 2.05) is 49.4 Å². The van der Waals surface area contributed by atoms with Crippen LogP contribution in [0.25, 0.3) is 11.1 Å². The largest absolute Gasteiger partial charge is 0.494 e. The van der Waals surface area contributed by atoms with Crippen LogP contribution < -0.4 is 4.74 Å². The first-order chi connectivity index (χ1) is 10.7. The molecule has 0 radical (unpaired) electrons. The van der Waals surface area contributed by atoms with E-state index >= 15 is 0 Å². The van der Waals surface area contributed by atoms with Crippen molar-refractivity contribution in [3.8, 4) is 16.9 Å². The highest BCUT2D eigenvalue weighted by Gasteiger charge is 2.08. The Hall–Kier alpha value is -2.29. The maximum absolute atomic E-state index is 12.0. The lowest BCUT2D eigenvalue weighted by atomic mass is 10.0. The average Bonchev–Trinajstić information content (AvgIpc) is 2.56. The molecule has 2 aromatic carbocycles. The second kappa shape index (κ2) is 8.23. The fourth-order valence-corrected chi connectivity index (χ4v) is 2.13. The quantitative estimate of drug-likeness (QED) is 0.548. The number of rotatable bonds is 7. The topological polar surface area (TPSA) is 35.5 Å². The maximum atomic E-state index is 12.0. The summed E-state index contributed by atoms with van der Waals surface area (Å²) in [6.07, 6.45) is 1.91. The summed E-state index contributed by atoms with van der Waals surface area (Å²) in [7, 11) is 0. The first-order valence-electron chi connectivity index (χ1n) is 7.75. The molecule has 2 rings (SSSR count). The Kier molecular flexibility index (Phi) is 6.01. The molecule has 0 saturated heterocycles. The molecule has 0 fully saturated rings. The van der Waals surface area contributed by atoms with Gasteiger partial charge in [0.1, 0.15) is 5.75 Å². The van der Waals surface area contributed by atoms with Gasteiger partial charge in [0.2, 0.25) is 0 Å². The lowest BCUT2D eigenvalue weighted by Gasteiger charge is -2.08. The second-order valence-electron chi connectivity index (χ2n) is 5.03. The fraction of sp³-hybridized carbons (Fsp3) is 0.316. The zero-order valence-electron chi connectivity index (χ0n) is 13.2. The molecular formula is C19H22O3. The molecule has 0 bridgehead atoms. The molecule has 0 heterocycles. The number of ether oxygens (including phenoxy) is 2. The summed E-state index contributed by atoms with van der Waals surface area (Å²) in [4.78, 5) is 12.0. The minimum atomic E-state index is -0.263. The smallest absolute Gasteiger partial charge is 0.338 e. The maximum Gasteiger partial charge on any atom is 0.338 e. The zero-order valence-corrected chi connectivity index (χ0v) is 13.2. The molecule has 3 nitrogen and oxygen atoms in total. The van der Waals surface area contributed by atoms with E-state index in [0.29, 0.717) is 18.8 Å². The first-order valence-corrected chi connectivity index (χ1v) is 7.75. The molecule has 2 aromatic rings. The van der Waals surface area contributed by atoms with Gasteiger partial charge in [-0.1, -0.05) is 37.6 Å². The van der Waals surface area contributed by atoms with E-state index in [1.165, 1.54) is 0 Å². The second-order valence-corrected chi connectivity index (χ2v) is 5.03. The third-order valence-electron chi connectivity index (χ3n) is 3.33. The molecule has 0 aromatic heterocycles. The van der Waals surface area contributed by atoms with Crippen LogP contribution in [0.4, 0.5) is 0 Å². The van der Waals surface area contributed by atoms with Gasteiger partial charge < -0.3 is 9.47 Å². The van der Waals surface area contributed by atoms with E-state index in [4.69, 9.17) is 9.47 Å². The van der Waals surface area contributed by atoms with E-state index in [1.54, 1.807) is 6.07 Å². The molecule has 0 unspecified atom stereocenters. The van der Waals surface area contributed by atoms with Gasteiger partial charge in [-0.3, -0.25) is 0 Å². The van der Waals surface area contributed by atoms with Gasteiger partial charge in [0.05, 0.1) is 18.8 Å². The summed E-state index contributed by atoms with van der Waals surface area (Å²) in [6.45, 7) is 5.16. The molecule has 3 heteroatoms. The fourth-order valence-electron chi connectivity index (χ4n) is 2.13. The lowest BCUT2D eigenvalue weighted by molar-refractivity contribution is 0.0500. The molecule has 0 aliphatic carbocycles. The van der Waals surface area contributed by atoms with Gasteiger partial charge in [0.15, 0.2) is 0 Å². The molecule has 22 heavy (non-hydrogen) atoms. The minimum absolute atomic E-state index is 0.263. The number of carbonyl (C=O) groups is 1. The van der Waals surface area contributed by atoms with E-state index in [2.05, 4.69) is 6.92 Å². The Morgan fingerprint density at radius 1 is 1.00 bits per heavy atom. The molecule has 116 valence electrons. The van der Waals surface area contributed by atoms with Crippen LogP contribution in [0.3, 0.4) is 0 Å². The predicted molar refractivity (Wildman–Crippen MR) is 88.2 cm³/mol. The van der Waals surface area contributed by atoms with E-state index in [9.17, 15) is 4.79 Å². The Balaban J connectivity index is 2.12. The molecule has 0 spiro atoms. The van der Waals surface area contributed by atoms with Crippen LogP contribution in [-0.4, -0.2) is 19.2 Å². The van der Waals surface area contributed by atoms with Gasteiger partial charge in [-0.25, -0.2) is 4.79 Å². The standard InChI is InChI=1S/C19H22O3/c1-3-5-13-22-19(20)17-8-6-7-16(14-17)15-9-11-18(12-10-15)21-4-2/h6-12,14H,3-5,13H2,1-2H3. The summed E-state index contributed by atoms with van der Waals surface area (Å²) in [5.41, 5.74) is 2.63. The summed E-state index contributed by atoms with van der Waals surface area (Å²) in [5, 5.41) is 0. The Morgan fingerprint density at radius 2 is 1.77 bits per heavy atom. The van der Waals surface area contributed by atoms with Crippen molar-refractivity contribution in [3.63, 3.8) is 0 Å². The van der Waals surface area contributed by atoms with Crippen molar-refractivity contribution >= 4 is 5.97 Å². The molecule has 0 N–H and O–H groups in total. The molecule has 0 aliphatic rings. The van der Waals surface area contributed by atoms with Crippen LogP contribution in [0.1, 0.15) is 37.0 Å². The van der Waals surface area contributed by atoms with Crippen molar-refractivity contribution in [3.05, 3.63) is 54.1 Å². The van der Waals surface area contributed by atoms with Gasteiger partial charge >= 0.3 is 5.97 Å². The van der Waals surface area contributed by atoms with Crippen LogP contribution in [-0.2, 0) is 4.74 Å². The minimum Gasteiger partial charge on any atom is -0.494 e. The number of hydrogen-bond donors (Lipinski definition) is 0. The monoisotopic (exact) mass is 298 g/mol. The summed E-state index contributed by atoms with van der Waals surface area (Å²) in [5.74, 6) is 0.586. The normalized spacial score (nSPS) is 10.3. The number of esters is 1. The number of benzene rings is 2. The van der Waals surface area contributed by atoms with E-state index in [0.717, 1.165) is 29.7 Å². The van der Waals surface area contributed by atoms with Crippen LogP contribution in [0, 0.1) is 0 Å². The van der Waals surface area contributed by atoms with Gasteiger partial charge in [0.25, 0.3) is 0 Å². The van der Waals surface area contributed by atoms with Crippen LogP contribution in [0.15, 0.2) is 48.5 Å². The predicted octanol–water partition coefficient (Wildman–Crippen LogP) is 4.71. The van der Waals surface area contributed by atoms with Crippen LogP contribution in [0.5, 0.6) is 5.75 Å². The Morgan fingerprint density at radius 3 is 2.45 bits per heavy atom. The van der Waals surface area contributed by atoms with Gasteiger partial charge in [-0.15, -0.1) is 0 Å². The number of hydrogen-bond acceptors (Lipinski definition) is 3. The molecular weight excluding hydrogens is 276 g/mol. The van der Waals surface area contributed by atoms with Crippen molar-refractivity contribution < 1.29 is 14.3 Å². The van der Waals surface area contributed by atoms with Crippen molar-refractivity contribution in [2.45, 2.75) is 26.7 Å². The number of carbonyl (C=O) groups excluding carboxylic acids is 1. The van der Waals surface area contributed by atoms with Crippen molar-refractivity contribution in [1.29, 1.82) is 0 Å². The summed E-state index contributed by atoms with van der Waals surface area (Å²) >= 11 is 0. The van der Waals surface area contributed by atoms with Crippen molar-refractivity contribution in [1.82, 2.24) is 0 Å². The highest BCUT2D eigenvalue weighted by molar-refractivity contribution is 5.91. The third-order valence-corrected chi connectivity index (χ3v) is 3.33. The molecule has 0 aliphatic heterocycles. The van der Waals surface area contributed by atoms with Crippen molar-refractivity contribution in [2.24, 2.45) is 0 Å². The Bertz CT molecular complexity index is 602. The van der Waals surface area contributed by atoms with Crippen LogP contribution in [0.2, 0.25) is 0 Å². The SMILES string of the molecule is CCCCOC(=O)c1cccc(-c2ccc(OCC)cc2)c1. The van der Waals surface area contributed by atoms with E-state index in [-0.39, 0.29) is 5.97 Å². The average molecular weight is 298 g/mol. The Labute approximate surface area is 131 Å². The third kappa shape index (κ3) is 4.35. The van der Waals surface area contributed by atoms with Gasteiger partial charge in [-0.2, -0.15) is 0 Å². The summed E-state index contributed by atoms with van der Waals surface area (Å²) in [6, 6.07) is 15.4. The first kappa shape index (κ1) is 16.1. The van der Waals surface area contributed by atoms with Gasteiger partial charge in [0, 0.05) is 0 Å². The lowest BCUT2D eigenvalue weighted by Crippen LogP contribution is -2.06. The zero-order chi connectivity index (χ0) is 15.8. The highest BCUT2D eigenvalue weighted by atomic mass is 16.5. The van der Waals surface area contributed by atoms with Crippen LogP contribution >= 0.6 is 0 Å². The molecule has 0 atom stereocenters. The van der Waals surface area contributed by atoms with E-state index < -0.39 is 0 Å². The van der Waals surface area contributed by atoms with Gasteiger partial charge in [-0.05, 0) is 48.7 Å².